The highest BCUT2D eigenvalue weighted by molar-refractivity contribution is 5.73. The molecule has 2 aromatic rings. The zero-order valence-corrected chi connectivity index (χ0v) is 16.1. The summed E-state index contributed by atoms with van der Waals surface area (Å²) in [6.07, 6.45) is 3.52. The van der Waals surface area contributed by atoms with Gasteiger partial charge in [-0.2, -0.15) is 0 Å². The third kappa shape index (κ3) is 6.39. The SMILES string of the molecule is CC(CNC(=O)NCCOc1ccc(C(C)(C)C)cc1)c1ccncc1. The molecule has 0 saturated heterocycles. The van der Waals surface area contributed by atoms with Gasteiger partial charge in [0.2, 0.25) is 0 Å². The first-order chi connectivity index (χ1) is 12.4. The zero-order chi connectivity index (χ0) is 19.0. The van der Waals surface area contributed by atoms with Crippen molar-refractivity contribution >= 4 is 6.03 Å². The molecule has 26 heavy (non-hydrogen) atoms. The third-order valence-corrected chi connectivity index (χ3v) is 4.22. The highest BCUT2D eigenvalue weighted by Crippen LogP contribution is 2.24. The summed E-state index contributed by atoms with van der Waals surface area (Å²) in [5.74, 6) is 1.05. The van der Waals surface area contributed by atoms with Crippen LogP contribution in [-0.2, 0) is 5.41 Å². The van der Waals surface area contributed by atoms with Gasteiger partial charge in [0, 0.05) is 18.9 Å². The molecule has 2 amide bonds. The number of hydrogen-bond donors (Lipinski definition) is 2. The van der Waals surface area contributed by atoms with Gasteiger partial charge < -0.3 is 15.4 Å². The van der Waals surface area contributed by atoms with E-state index in [1.54, 1.807) is 12.4 Å². The molecule has 1 atom stereocenters. The second-order valence-corrected chi connectivity index (χ2v) is 7.44. The molecule has 1 aromatic heterocycles. The summed E-state index contributed by atoms with van der Waals surface area (Å²) in [6, 6.07) is 11.8. The predicted octanol–water partition coefficient (Wildman–Crippen LogP) is 3.86. The average molecular weight is 355 g/mol. The van der Waals surface area contributed by atoms with Gasteiger partial charge in [0.25, 0.3) is 0 Å². The van der Waals surface area contributed by atoms with E-state index in [4.69, 9.17) is 4.74 Å². The minimum absolute atomic E-state index is 0.131. The van der Waals surface area contributed by atoms with Crippen LogP contribution in [0.4, 0.5) is 4.79 Å². The van der Waals surface area contributed by atoms with Gasteiger partial charge in [-0.05, 0) is 46.7 Å². The Morgan fingerprint density at radius 2 is 1.73 bits per heavy atom. The second-order valence-electron chi connectivity index (χ2n) is 7.44. The van der Waals surface area contributed by atoms with Crippen LogP contribution < -0.4 is 15.4 Å². The summed E-state index contributed by atoms with van der Waals surface area (Å²) >= 11 is 0. The molecule has 0 saturated carbocycles. The van der Waals surface area contributed by atoms with Crippen molar-refractivity contribution in [2.45, 2.75) is 39.0 Å². The minimum atomic E-state index is -0.183. The lowest BCUT2D eigenvalue weighted by molar-refractivity contribution is 0.236. The maximum atomic E-state index is 11.9. The van der Waals surface area contributed by atoms with Crippen LogP contribution in [0, 0.1) is 0 Å². The largest absolute Gasteiger partial charge is 0.492 e. The molecule has 0 fully saturated rings. The first-order valence-corrected chi connectivity index (χ1v) is 9.01. The Morgan fingerprint density at radius 1 is 1.08 bits per heavy atom. The standard InChI is InChI=1S/C21H29N3O2/c1-16(17-9-11-22-12-10-17)15-24-20(25)23-13-14-26-19-7-5-18(6-8-19)21(2,3)4/h5-12,16H,13-15H2,1-4H3,(H2,23,24,25). The van der Waals surface area contributed by atoms with Crippen LogP contribution in [0.15, 0.2) is 48.8 Å². The molecule has 0 aliphatic heterocycles. The van der Waals surface area contributed by atoms with Gasteiger partial charge in [0.1, 0.15) is 12.4 Å². The van der Waals surface area contributed by atoms with Crippen molar-refractivity contribution in [2.24, 2.45) is 0 Å². The molecule has 0 aliphatic carbocycles. The van der Waals surface area contributed by atoms with Gasteiger partial charge in [-0.1, -0.05) is 39.8 Å². The predicted molar refractivity (Wildman–Crippen MR) is 105 cm³/mol. The monoisotopic (exact) mass is 355 g/mol. The molecule has 2 N–H and O–H groups in total. The molecule has 1 aromatic carbocycles. The molecule has 5 heteroatoms. The zero-order valence-electron chi connectivity index (χ0n) is 16.1. The molecule has 1 heterocycles. The summed E-state index contributed by atoms with van der Waals surface area (Å²) in [5.41, 5.74) is 2.55. The molecule has 0 bridgehead atoms. The molecule has 0 spiro atoms. The van der Waals surface area contributed by atoms with E-state index in [0.29, 0.717) is 19.7 Å². The number of hydrogen-bond acceptors (Lipinski definition) is 3. The van der Waals surface area contributed by atoms with E-state index in [1.807, 2.05) is 24.3 Å². The van der Waals surface area contributed by atoms with E-state index in [2.05, 4.69) is 55.4 Å². The quantitative estimate of drug-likeness (QED) is 0.741. The van der Waals surface area contributed by atoms with Crippen molar-refractivity contribution < 1.29 is 9.53 Å². The number of urea groups is 1. The van der Waals surface area contributed by atoms with Gasteiger partial charge >= 0.3 is 6.03 Å². The Morgan fingerprint density at radius 3 is 2.35 bits per heavy atom. The number of carbonyl (C=O) groups excluding carboxylic acids is 1. The van der Waals surface area contributed by atoms with E-state index < -0.39 is 0 Å². The first-order valence-electron chi connectivity index (χ1n) is 9.01. The molecular weight excluding hydrogens is 326 g/mol. The van der Waals surface area contributed by atoms with Crippen LogP contribution in [0.5, 0.6) is 5.75 Å². The van der Waals surface area contributed by atoms with Crippen molar-refractivity contribution in [3.8, 4) is 5.75 Å². The summed E-state index contributed by atoms with van der Waals surface area (Å²) in [4.78, 5) is 15.9. The summed E-state index contributed by atoms with van der Waals surface area (Å²) in [6.45, 7) is 10.1. The first kappa shape index (κ1) is 19.8. The van der Waals surface area contributed by atoms with Gasteiger partial charge in [-0.25, -0.2) is 4.79 Å². The van der Waals surface area contributed by atoms with Crippen molar-refractivity contribution in [3.63, 3.8) is 0 Å². The van der Waals surface area contributed by atoms with Gasteiger partial charge in [-0.15, -0.1) is 0 Å². The minimum Gasteiger partial charge on any atom is -0.492 e. The number of aromatic nitrogens is 1. The highest BCUT2D eigenvalue weighted by Gasteiger charge is 2.13. The lowest BCUT2D eigenvalue weighted by Gasteiger charge is -2.19. The van der Waals surface area contributed by atoms with E-state index >= 15 is 0 Å². The van der Waals surface area contributed by atoms with Crippen molar-refractivity contribution in [1.82, 2.24) is 15.6 Å². The molecule has 140 valence electrons. The van der Waals surface area contributed by atoms with Crippen molar-refractivity contribution in [1.29, 1.82) is 0 Å². The van der Waals surface area contributed by atoms with Crippen molar-refractivity contribution in [2.75, 3.05) is 19.7 Å². The van der Waals surface area contributed by atoms with Crippen LogP contribution in [0.2, 0.25) is 0 Å². The fourth-order valence-electron chi connectivity index (χ4n) is 2.50. The van der Waals surface area contributed by atoms with E-state index in [-0.39, 0.29) is 17.4 Å². The average Bonchev–Trinajstić information content (AvgIpc) is 2.63. The maximum absolute atomic E-state index is 11.9. The molecular formula is C21H29N3O2. The number of ether oxygens (including phenoxy) is 1. The summed E-state index contributed by atoms with van der Waals surface area (Å²) in [5, 5.41) is 5.69. The van der Waals surface area contributed by atoms with Crippen LogP contribution in [0.1, 0.15) is 44.7 Å². The normalized spacial score (nSPS) is 12.3. The smallest absolute Gasteiger partial charge is 0.314 e. The topological polar surface area (TPSA) is 63.2 Å². The molecule has 1 unspecified atom stereocenters. The van der Waals surface area contributed by atoms with Crippen LogP contribution >= 0.6 is 0 Å². The number of carbonyl (C=O) groups is 1. The number of pyridine rings is 1. The lowest BCUT2D eigenvalue weighted by atomic mass is 9.87. The lowest BCUT2D eigenvalue weighted by Crippen LogP contribution is -2.39. The number of benzene rings is 1. The van der Waals surface area contributed by atoms with E-state index in [0.717, 1.165) is 11.3 Å². The van der Waals surface area contributed by atoms with Gasteiger partial charge in [0.15, 0.2) is 0 Å². The van der Waals surface area contributed by atoms with Crippen molar-refractivity contribution in [3.05, 3.63) is 59.9 Å². The molecule has 0 radical (unpaired) electrons. The Hall–Kier alpha value is -2.56. The second kappa shape index (κ2) is 9.22. The Labute approximate surface area is 156 Å². The number of nitrogens with zero attached hydrogens (tertiary/aromatic N) is 1. The Kier molecular flexibility index (Phi) is 7.01. The van der Waals surface area contributed by atoms with Crippen LogP contribution in [0.25, 0.3) is 0 Å². The molecule has 2 rings (SSSR count). The number of amides is 2. The van der Waals surface area contributed by atoms with Crippen LogP contribution in [-0.4, -0.2) is 30.7 Å². The Balaban J connectivity index is 1.64. The molecule has 5 nitrogen and oxygen atoms in total. The fraction of sp³-hybridized carbons (Fsp3) is 0.429. The number of nitrogens with one attached hydrogen (secondary N) is 2. The van der Waals surface area contributed by atoms with Gasteiger partial charge in [-0.3, -0.25) is 4.98 Å². The van der Waals surface area contributed by atoms with Crippen LogP contribution in [0.3, 0.4) is 0 Å². The summed E-state index contributed by atoms with van der Waals surface area (Å²) < 4.78 is 5.67. The maximum Gasteiger partial charge on any atom is 0.314 e. The highest BCUT2D eigenvalue weighted by atomic mass is 16.5. The summed E-state index contributed by atoms with van der Waals surface area (Å²) in [7, 11) is 0. The van der Waals surface area contributed by atoms with E-state index in [1.165, 1.54) is 5.56 Å². The molecule has 0 aliphatic rings. The fourth-order valence-corrected chi connectivity index (χ4v) is 2.50. The van der Waals surface area contributed by atoms with Gasteiger partial charge in [0.05, 0.1) is 6.54 Å². The third-order valence-electron chi connectivity index (χ3n) is 4.22. The number of rotatable bonds is 7. The van der Waals surface area contributed by atoms with E-state index in [9.17, 15) is 4.79 Å². The Bertz CT molecular complexity index is 679.